The standard InChI is InChI=1S/C57H113NO4/c1-3-5-7-9-11-13-15-17-19-21-23-24-25-26-27-28-29-30-31-32-33-34-36-38-40-42-44-46-48-50-52-56(61)57(62)58-54(53-59)55(60)51-49-47-45-43-41-39-37-35-22-20-18-16-14-12-10-8-6-4-2/h49,51,54-56,59-61H,3-48,50,52-53H2,1-2H3,(H,58,62)/b51-49+. The van der Waals surface area contributed by atoms with Crippen LogP contribution in [0.2, 0.25) is 0 Å². The normalized spacial score (nSPS) is 13.3. The summed E-state index contributed by atoms with van der Waals surface area (Å²) in [6.45, 7) is 4.22. The van der Waals surface area contributed by atoms with Gasteiger partial charge in [0.25, 0.3) is 0 Å². The van der Waals surface area contributed by atoms with Gasteiger partial charge in [-0.25, -0.2) is 0 Å². The molecule has 0 aromatic rings. The molecule has 1 amide bonds. The summed E-state index contributed by atoms with van der Waals surface area (Å²) < 4.78 is 0. The summed E-state index contributed by atoms with van der Waals surface area (Å²) in [7, 11) is 0. The molecule has 0 rings (SSSR count). The molecule has 0 heterocycles. The van der Waals surface area contributed by atoms with E-state index in [1.165, 1.54) is 270 Å². The van der Waals surface area contributed by atoms with E-state index in [1.54, 1.807) is 6.08 Å². The van der Waals surface area contributed by atoms with Gasteiger partial charge in [-0.1, -0.05) is 315 Å². The maximum atomic E-state index is 12.5. The van der Waals surface area contributed by atoms with Crippen molar-refractivity contribution in [3.63, 3.8) is 0 Å². The second-order valence-electron chi connectivity index (χ2n) is 19.9. The Morgan fingerprint density at radius 1 is 0.387 bits per heavy atom. The van der Waals surface area contributed by atoms with E-state index in [9.17, 15) is 20.1 Å². The first-order chi connectivity index (χ1) is 30.6. The third-order valence-electron chi connectivity index (χ3n) is 13.6. The van der Waals surface area contributed by atoms with Crippen molar-refractivity contribution in [1.82, 2.24) is 5.32 Å². The second-order valence-corrected chi connectivity index (χ2v) is 19.9. The van der Waals surface area contributed by atoms with Crippen LogP contribution >= 0.6 is 0 Å². The zero-order valence-electron chi connectivity index (χ0n) is 42.3. The van der Waals surface area contributed by atoms with E-state index in [1.807, 2.05) is 6.08 Å². The van der Waals surface area contributed by atoms with Gasteiger partial charge in [0.05, 0.1) is 18.8 Å². The van der Waals surface area contributed by atoms with E-state index in [0.717, 1.165) is 32.1 Å². The molecule has 62 heavy (non-hydrogen) atoms. The zero-order chi connectivity index (χ0) is 45.1. The van der Waals surface area contributed by atoms with E-state index >= 15 is 0 Å². The highest BCUT2D eigenvalue weighted by molar-refractivity contribution is 5.80. The van der Waals surface area contributed by atoms with Crippen molar-refractivity contribution in [3.05, 3.63) is 12.2 Å². The van der Waals surface area contributed by atoms with Crippen LogP contribution in [0.4, 0.5) is 0 Å². The van der Waals surface area contributed by atoms with Gasteiger partial charge in [-0.3, -0.25) is 4.79 Å². The highest BCUT2D eigenvalue weighted by Crippen LogP contribution is 2.18. The second kappa shape index (κ2) is 52.7. The van der Waals surface area contributed by atoms with Crippen LogP contribution in [0.1, 0.15) is 322 Å². The molecule has 0 bridgehead atoms. The van der Waals surface area contributed by atoms with Crippen LogP contribution in [-0.2, 0) is 4.79 Å². The minimum absolute atomic E-state index is 0.358. The lowest BCUT2D eigenvalue weighted by molar-refractivity contribution is -0.131. The van der Waals surface area contributed by atoms with Crippen molar-refractivity contribution in [1.29, 1.82) is 0 Å². The van der Waals surface area contributed by atoms with Gasteiger partial charge in [0.1, 0.15) is 6.10 Å². The third-order valence-corrected chi connectivity index (χ3v) is 13.6. The van der Waals surface area contributed by atoms with E-state index in [2.05, 4.69) is 19.2 Å². The molecule has 0 saturated heterocycles. The summed E-state index contributed by atoms with van der Waals surface area (Å²) in [4.78, 5) is 12.5. The Morgan fingerprint density at radius 3 is 0.887 bits per heavy atom. The Balaban J connectivity index is 3.50. The Kier molecular flexibility index (Phi) is 51.9. The summed E-state index contributed by atoms with van der Waals surface area (Å²) in [5.74, 6) is -0.496. The number of nitrogens with one attached hydrogen (secondary N) is 1. The van der Waals surface area contributed by atoms with Crippen LogP contribution < -0.4 is 5.32 Å². The van der Waals surface area contributed by atoms with Crippen LogP contribution in [0.15, 0.2) is 12.2 Å². The first-order valence-electron chi connectivity index (χ1n) is 28.5. The van der Waals surface area contributed by atoms with Gasteiger partial charge in [0.15, 0.2) is 0 Å². The van der Waals surface area contributed by atoms with Crippen LogP contribution in [0.3, 0.4) is 0 Å². The number of aliphatic hydroxyl groups excluding tert-OH is 3. The first kappa shape index (κ1) is 61.1. The van der Waals surface area contributed by atoms with Crippen molar-refractivity contribution in [2.75, 3.05) is 6.61 Å². The van der Waals surface area contributed by atoms with Gasteiger partial charge in [-0.15, -0.1) is 0 Å². The van der Waals surface area contributed by atoms with Crippen LogP contribution in [-0.4, -0.2) is 46.1 Å². The molecule has 0 aromatic carbocycles. The van der Waals surface area contributed by atoms with Crippen molar-refractivity contribution in [2.45, 2.75) is 340 Å². The van der Waals surface area contributed by atoms with Crippen LogP contribution in [0.5, 0.6) is 0 Å². The predicted octanol–water partition coefficient (Wildman–Crippen LogP) is 17.5. The average molecular weight is 877 g/mol. The van der Waals surface area contributed by atoms with Gasteiger partial charge in [0.2, 0.25) is 5.91 Å². The van der Waals surface area contributed by atoms with Gasteiger partial charge in [0, 0.05) is 0 Å². The van der Waals surface area contributed by atoms with Crippen LogP contribution in [0.25, 0.3) is 0 Å². The lowest BCUT2D eigenvalue weighted by atomic mass is 10.0. The molecule has 0 aliphatic rings. The van der Waals surface area contributed by atoms with Gasteiger partial charge < -0.3 is 20.6 Å². The predicted molar refractivity (Wildman–Crippen MR) is 273 cm³/mol. The zero-order valence-corrected chi connectivity index (χ0v) is 42.3. The number of carbonyl (C=O) groups excluding carboxylic acids is 1. The van der Waals surface area contributed by atoms with E-state index < -0.39 is 24.2 Å². The SMILES string of the molecule is CCCCCCCCCCCCCCCCCC/C=C/C(O)C(CO)NC(=O)C(O)CCCCCCCCCCCCCCCCCCCCCCCCCCCCCCCC. The van der Waals surface area contributed by atoms with Crippen molar-refractivity contribution in [3.8, 4) is 0 Å². The first-order valence-corrected chi connectivity index (χ1v) is 28.5. The van der Waals surface area contributed by atoms with Crippen molar-refractivity contribution < 1.29 is 20.1 Å². The molecule has 0 fully saturated rings. The monoisotopic (exact) mass is 876 g/mol. The molecule has 370 valence electrons. The lowest BCUT2D eigenvalue weighted by Crippen LogP contribution is -2.48. The Bertz CT molecular complexity index is 879. The molecule has 5 nitrogen and oxygen atoms in total. The smallest absolute Gasteiger partial charge is 0.249 e. The topological polar surface area (TPSA) is 89.8 Å². The molecule has 0 aliphatic heterocycles. The molecule has 4 N–H and O–H groups in total. The number of aliphatic hydroxyl groups is 3. The van der Waals surface area contributed by atoms with E-state index in [-0.39, 0.29) is 6.61 Å². The fraction of sp³-hybridized carbons (Fsp3) is 0.947. The molecule has 5 heteroatoms. The van der Waals surface area contributed by atoms with Crippen LogP contribution in [0, 0.1) is 0 Å². The largest absolute Gasteiger partial charge is 0.394 e. The number of hydrogen-bond acceptors (Lipinski definition) is 4. The van der Waals surface area contributed by atoms with Gasteiger partial charge >= 0.3 is 0 Å². The molecule has 0 aromatic heterocycles. The van der Waals surface area contributed by atoms with Gasteiger partial charge in [-0.05, 0) is 19.3 Å². The highest BCUT2D eigenvalue weighted by Gasteiger charge is 2.22. The number of unbranched alkanes of at least 4 members (excludes halogenated alkanes) is 45. The van der Waals surface area contributed by atoms with Gasteiger partial charge in [-0.2, -0.15) is 0 Å². The maximum absolute atomic E-state index is 12.5. The lowest BCUT2D eigenvalue weighted by Gasteiger charge is -2.21. The van der Waals surface area contributed by atoms with E-state index in [4.69, 9.17) is 0 Å². The van der Waals surface area contributed by atoms with Crippen molar-refractivity contribution in [2.24, 2.45) is 0 Å². The Hall–Kier alpha value is -0.910. The molecule has 0 spiro atoms. The quantitative estimate of drug-likeness (QED) is 0.0362. The number of hydrogen-bond donors (Lipinski definition) is 4. The summed E-state index contributed by atoms with van der Waals surface area (Å²) in [5, 5.41) is 33.4. The minimum Gasteiger partial charge on any atom is -0.394 e. The summed E-state index contributed by atoms with van der Waals surface area (Å²) in [6.07, 6.45) is 65.8. The Labute approximate surface area is 389 Å². The molecular formula is C57H113NO4. The average Bonchev–Trinajstić information content (AvgIpc) is 3.28. The number of allylic oxidation sites excluding steroid dienone is 1. The maximum Gasteiger partial charge on any atom is 0.249 e. The number of rotatable bonds is 53. The number of amides is 1. The molecule has 0 radical (unpaired) electrons. The molecule has 0 aliphatic carbocycles. The summed E-state index contributed by atoms with van der Waals surface area (Å²) in [6, 6.07) is -0.794. The fourth-order valence-corrected chi connectivity index (χ4v) is 9.19. The highest BCUT2D eigenvalue weighted by atomic mass is 16.3. The molecule has 3 unspecified atom stereocenters. The molecule has 0 saturated carbocycles. The minimum atomic E-state index is -1.09. The molecule has 3 atom stereocenters. The Morgan fingerprint density at radius 2 is 0.629 bits per heavy atom. The summed E-state index contributed by atoms with van der Waals surface area (Å²) in [5.41, 5.74) is 0. The third kappa shape index (κ3) is 47.1. The summed E-state index contributed by atoms with van der Waals surface area (Å²) >= 11 is 0. The number of carbonyl (C=O) groups is 1. The van der Waals surface area contributed by atoms with Crippen molar-refractivity contribution >= 4 is 5.91 Å². The fourth-order valence-electron chi connectivity index (χ4n) is 9.19. The molecular weight excluding hydrogens is 763 g/mol. The van der Waals surface area contributed by atoms with E-state index in [0.29, 0.717) is 6.42 Å².